The fourth-order valence-corrected chi connectivity index (χ4v) is 4.13. The number of carbonyl (C=O) groups is 3. The number of nitrogens with zero attached hydrogens (tertiary/aromatic N) is 3. The smallest absolute Gasteiger partial charge is 0.475 e. The molecule has 36 heavy (non-hydrogen) atoms. The maximum atomic E-state index is 13.3. The van der Waals surface area contributed by atoms with Crippen molar-refractivity contribution in [2.75, 3.05) is 52.4 Å². The Hall–Kier alpha value is -2.73. The number of piperazine rings is 1. The van der Waals surface area contributed by atoms with Crippen LogP contribution < -0.4 is 5.32 Å². The molecule has 12 heteroatoms. The van der Waals surface area contributed by atoms with Gasteiger partial charge in [0.15, 0.2) is 0 Å². The van der Waals surface area contributed by atoms with Crippen LogP contribution in [0.4, 0.5) is 17.6 Å². The molecule has 2 amide bonds. The molecule has 202 valence electrons. The summed E-state index contributed by atoms with van der Waals surface area (Å²) < 4.78 is 45.0. The number of benzene rings is 1. The van der Waals surface area contributed by atoms with Crippen LogP contribution in [0.2, 0.25) is 0 Å². The summed E-state index contributed by atoms with van der Waals surface area (Å²) in [6, 6.07) is 6.18. The van der Waals surface area contributed by atoms with Crippen LogP contribution in [0.3, 0.4) is 0 Å². The van der Waals surface area contributed by atoms with Crippen LogP contribution in [0.5, 0.6) is 0 Å². The Morgan fingerprint density at radius 2 is 1.67 bits per heavy atom. The molecule has 2 aliphatic rings. The topological polar surface area (TPSA) is 93.2 Å². The van der Waals surface area contributed by atoms with Crippen LogP contribution >= 0.6 is 0 Å². The third-order valence-corrected chi connectivity index (χ3v) is 6.28. The first-order chi connectivity index (χ1) is 17.0. The first-order valence-corrected chi connectivity index (χ1v) is 12.1. The second-order valence-electron chi connectivity index (χ2n) is 8.86. The molecule has 2 saturated heterocycles. The summed E-state index contributed by atoms with van der Waals surface area (Å²) in [4.78, 5) is 40.6. The van der Waals surface area contributed by atoms with Gasteiger partial charge in [0, 0.05) is 63.8 Å². The van der Waals surface area contributed by atoms with E-state index in [-0.39, 0.29) is 17.6 Å². The number of carboxylic acid groups (broad SMARTS) is 1. The van der Waals surface area contributed by atoms with E-state index in [1.807, 2.05) is 4.90 Å². The molecule has 8 nitrogen and oxygen atoms in total. The number of likely N-dealkylation sites (tertiary alicyclic amines) is 1. The van der Waals surface area contributed by atoms with Crippen molar-refractivity contribution in [3.63, 3.8) is 0 Å². The van der Waals surface area contributed by atoms with E-state index in [1.165, 1.54) is 43.5 Å². The van der Waals surface area contributed by atoms with Gasteiger partial charge < -0.3 is 20.2 Å². The van der Waals surface area contributed by atoms with E-state index < -0.39 is 12.1 Å². The molecule has 0 spiro atoms. The lowest BCUT2D eigenvalue weighted by atomic mass is 10.0. The van der Waals surface area contributed by atoms with Crippen molar-refractivity contribution in [3.8, 4) is 0 Å². The lowest BCUT2D eigenvalue weighted by Gasteiger charge is -2.35. The number of halogens is 4. The quantitative estimate of drug-likeness (QED) is 0.540. The largest absolute Gasteiger partial charge is 0.490 e. The molecule has 2 aliphatic heterocycles. The predicted octanol–water partition coefficient (Wildman–Crippen LogP) is 2.60. The van der Waals surface area contributed by atoms with Crippen molar-refractivity contribution in [2.24, 2.45) is 0 Å². The maximum Gasteiger partial charge on any atom is 0.490 e. The summed E-state index contributed by atoms with van der Waals surface area (Å²) in [5.41, 5.74) is 0.465. The highest BCUT2D eigenvalue weighted by Gasteiger charge is 2.38. The van der Waals surface area contributed by atoms with E-state index in [0.29, 0.717) is 31.1 Å². The Balaban J connectivity index is 0.000000572. The molecule has 0 aromatic heterocycles. The van der Waals surface area contributed by atoms with Crippen LogP contribution in [0.25, 0.3) is 0 Å². The van der Waals surface area contributed by atoms with Crippen molar-refractivity contribution in [2.45, 2.75) is 44.8 Å². The van der Waals surface area contributed by atoms with Gasteiger partial charge in [-0.25, -0.2) is 9.18 Å². The average molecular weight is 519 g/mol. The highest BCUT2D eigenvalue weighted by atomic mass is 19.4. The minimum atomic E-state index is -5.08. The van der Waals surface area contributed by atoms with E-state index >= 15 is 0 Å². The molecule has 1 aromatic rings. The number of alkyl halides is 3. The van der Waals surface area contributed by atoms with Crippen molar-refractivity contribution < 1.29 is 37.1 Å². The van der Waals surface area contributed by atoms with Crippen molar-refractivity contribution in [1.29, 1.82) is 0 Å². The molecule has 3 rings (SSSR count). The number of hydrogen-bond donors (Lipinski definition) is 2. The molecule has 1 atom stereocenters. The van der Waals surface area contributed by atoms with Crippen molar-refractivity contribution in [1.82, 2.24) is 20.0 Å². The van der Waals surface area contributed by atoms with Gasteiger partial charge in [-0.15, -0.1) is 0 Å². The van der Waals surface area contributed by atoms with Gasteiger partial charge >= 0.3 is 12.1 Å². The van der Waals surface area contributed by atoms with Gasteiger partial charge in [-0.3, -0.25) is 14.5 Å². The van der Waals surface area contributed by atoms with Crippen LogP contribution in [-0.2, 0) is 9.59 Å². The summed E-state index contributed by atoms with van der Waals surface area (Å²) in [7, 11) is 0. The molecular formula is C24H34F4N4O4. The van der Waals surface area contributed by atoms with Crippen LogP contribution in [0, 0.1) is 5.82 Å². The van der Waals surface area contributed by atoms with Crippen molar-refractivity contribution >= 4 is 17.8 Å². The van der Waals surface area contributed by atoms with E-state index in [4.69, 9.17) is 9.90 Å². The van der Waals surface area contributed by atoms with E-state index in [1.54, 1.807) is 4.90 Å². The lowest BCUT2D eigenvalue weighted by Crippen LogP contribution is -2.48. The Labute approximate surface area is 208 Å². The molecule has 0 aliphatic carbocycles. The zero-order chi connectivity index (χ0) is 26.7. The molecule has 0 saturated carbocycles. The first kappa shape index (κ1) is 29.5. The number of amides is 2. The van der Waals surface area contributed by atoms with Gasteiger partial charge in [0.25, 0.3) is 5.91 Å². The molecule has 1 unspecified atom stereocenters. The number of aliphatic carboxylic acids is 1. The summed E-state index contributed by atoms with van der Waals surface area (Å²) in [6.45, 7) is 8.13. The van der Waals surface area contributed by atoms with Gasteiger partial charge in [-0.2, -0.15) is 13.2 Å². The third kappa shape index (κ3) is 9.73. The van der Waals surface area contributed by atoms with E-state index in [2.05, 4.69) is 17.1 Å². The zero-order valence-electron chi connectivity index (χ0n) is 20.4. The predicted molar refractivity (Wildman–Crippen MR) is 125 cm³/mol. The SMILES string of the molecule is CC1CCCCN1CCN(CCC(=O)N1CCNCC1)C(=O)c1ccc(F)cc1.O=C(O)C(F)(F)F. The molecule has 1 aromatic carbocycles. The fraction of sp³-hybridized carbons (Fsp3) is 0.625. The minimum absolute atomic E-state index is 0.0924. The number of rotatable bonds is 7. The van der Waals surface area contributed by atoms with Gasteiger partial charge in [0.1, 0.15) is 5.82 Å². The van der Waals surface area contributed by atoms with Crippen LogP contribution in [0.15, 0.2) is 24.3 Å². The molecule has 0 radical (unpaired) electrons. The van der Waals surface area contributed by atoms with Gasteiger partial charge in [-0.1, -0.05) is 6.42 Å². The second-order valence-corrected chi connectivity index (χ2v) is 8.86. The van der Waals surface area contributed by atoms with Gasteiger partial charge in [0.05, 0.1) is 0 Å². The number of carboxylic acids is 1. The highest BCUT2D eigenvalue weighted by molar-refractivity contribution is 5.94. The second kappa shape index (κ2) is 14.1. The Kier molecular flexibility index (Phi) is 11.6. The molecule has 2 fully saturated rings. The summed E-state index contributed by atoms with van der Waals surface area (Å²) in [6.07, 6.45) is -1.12. The van der Waals surface area contributed by atoms with Gasteiger partial charge in [-0.05, 0) is 50.6 Å². The van der Waals surface area contributed by atoms with E-state index in [0.717, 1.165) is 39.3 Å². The normalized spacial score (nSPS) is 18.7. The number of carbonyl (C=O) groups excluding carboxylic acids is 2. The highest BCUT2D eigenvalue weighted by Crippen LogP contribution is 2.17. The molecule has 2 N–H and O–H groups in total. The van der Waals surface area contributed by atoms with Gasteiger partial charge in [0.2, 0.25) is 5.91 Å². The monoisotopic (exact) mass is 518 g/mol. The number of piperidine rings is 1. The Morgan fingerprint density at radius 1 is 1.06 bits per heavy atom. The summed E-state index contributed by atoms with van der Waals surface area (Å²) >= 11 is 0. The van der Waals surface area contributed by atoms with Crippen molar-refractivity contribution in [3.05, 3.63) is 35.6 Å². The molecular weight excluding hydrogens is 484 g/mol. The first-order valence-electron chi connectivity index (χ1n) is 12.1. The number of hydrogen-bond acceptors (Lipinski definition) is 5. The average Bonchev–Trinajstić information content (AvgIpc) is 2.85. The van der Waals surface area contributed by atoms with Crippen LogP contribution in [-0.4, -0.2) is 102 Å². The fourth-order valence-electron chi connectivity index (χ4n) is 4.13. The minimum Gasteiger partial charge on any atom is -0.475 e. The zero-order valence-corrected chi connectivity index (χ0v) is 20.4. The lowest BCUT2D eigenvalue weighted by molar-refractivity contribution is -0.192. The Bertz CT molecular complexity index is 861. The molecule has 0 bridgehead atoms. The Morgan fingerprint density at radius 3 is 2.22 bits per heavy atom. The maximum absolute atomic E-state index is 13.3. The molecule has 2 heterocycles. The summed E-state index contributed by atoms with van der Waals surface area (Å²) in [5.74, 6) is -3.16. The van der Waals surface area contributed by atoms with Crippen LogP contribution in [0.1, 0.15) is 43.0 Å². The number of nitrogens with one attached hydrogen (secondary N) is 1. The summed E-state index contributed by atoms with van der Waals surface area (Å²) in [5, 5.41) is 10.4. The standard InChI is InChI=1S/C22H33FN4O2.C2HF3O2/c1-18-4-2-3-12-25(18)16-17-27(22(29)19-5-7-20(23)8-6-19)13-9-21(28)26-14-10-24-11-15-26;3-2(4,5)1(6)7/h5-8,18,24H,2-4,9-17H2,1H3;(H,6,7). The van der Waals surface area contributed by atoms with E-state index in [9.17, 15) is 27.2 Å². The third-order valence-electron chi connectivity index (χ3n) is 6.28.